The molecule has 0 fully saturated rings. The lowest BCUT2D eigenvalue weighted by atomic mass is 10.2. The van der Waals surface area contributed by atoms with Crippen molar-refractivity contribution in [3.63, 3.8) is 0 Å². The first-order valence-corrected chi connectivity index (χ1v) is 8.11. The highest BCUT2D eigenvalue weighted by molar-refractivity contribution is 5.72. The van der Waals surface area contributed by atoms with E-state index in [1.54, 1.807) is 0 Å². The molecule has 0 aliphatic heterocycles. The summed E-state index contributed by atoms with van der Waals surface area (Å²) in [5, 5.41) is 3.60. The number of aromatic amines is 1. The smallest absolute Gasteiger partial charge is 0.304 e. The van der Waals surface area contributed by atoms with Gasteiger partial charge in [-0.2, -0.15) is 0 Å². The van der Waals surface area contributed by atoms with E-state index in [-0.39, 0.29) is 0 Å². The van der Waals surface area contributed by atoms with Gasteiger partial charge < -0.3 is 4.90 Å². The quantitative estimate of drug-likeness (QED) is 0.733. The van der Waals surface area contributed by atoms with E-state index >= 15 is 0 Å². The molecule has 2 aromatic rings. The maximum atomic E-state index is 3.60. The molecular formula is C17H29N4+. The minimum absolute atomic E-state index is 0.472. The average Bonchev–Trinajstić information content (AvgIpc) is 2.80. The van der Waals surface area contributed by atoms with Crippen LogP contribution >= 0.6 is 0 Å². The molecule has 0 unspecified atom stereocenters. The number of H-pyrrole nitrogens is 1. The van der Waals surface area contributed by atoms with Gasteiger partial charge in [-0.15, -0.1) is 0 Å². The lowest BCUT2D eigenvalue weighted by molar-refractivity contribution is -0.630. The first kappa shape index (κ1) is 15.8. The molecule has 1 heterocycles. The zero-order valence-electron chi connectivity index (χ0n) is 13.8. The molecule has 4 heteroatoms. The van der Waals surface area contributed by atoms with Crippen LogP contribution in [0.25, 0.3) is 11.0 Å². The normalized spacial score (nSPS) is 13.0. The van der Waals surface area contributed by atoms with Crippen molar-refractivity contribution in [2.75, 3.05) is 25.0 Å². The predicted molar refractivity (Wildman–Crippen MR) is 89.6 cm³/mol. The number of hydrogen-bond donors (Lipinski definition) is 2. The molecule has 0 saturated heterocycles. The SMILES string of the molecule is CCN(CC)CCC[C@H](C)Nc1[nH]c2ccccc2[n+]1C. The van der Waals surface area contributed by atoms with Crippen LogP contribution in [0.5, 0.6) is 0 Å². The molecule has 0 amide bonds. The van der Waals surface area contributed by atoms with E-state index in [9.17, 15) is 0 Å². The van der Waals surface area contributed by atoms with Crippen molar-refractivity contribution >= 4 is 17.0 Å². The number of aromatic nitrogens is 2. The standard InChI is InChI=1S/C17H28N4/c1-5-21(6-2)13-9-10-14(3)18-17-19-15-11-7-8-12-16(15)20(17)4/h7-8,11-12,14H,5-6,9-10,13H2,1-4H3,(H,18,19)/p+1/t14-/m0/s1. The summed E-state index contributed by atoms with van der Waals surface area (Å²) >= 11 is 0. The lowest BCUT2D eigenvalue weighted by Crippen LogP contribution is -2.33. The van der Waals surface area contributed by atoms with Gasteiger partial charge in [0.2, 0.25) is 0 Å². The van der Waals surface area contributed by atoms with Crippen molar-refractivity contribution in [1.29, 1.82) is 0 Å². The maximum absolute atomic E-state index is 3.60. The topological polar surface area (TPSA) is 34.9 Å². The molecule has 4 nitrogen and oxygen atoms in total. The van der Waals surface area contributed by atoms with Crippen molar-refractivity contribution in [2.24, 2.45) is 7.05 Å². The highest BCUT2D eigenvalue weighted by Gasteiger charge is 2.16. The van der Waals surface area contributed by atoms with E-state index in [2.05, 4.69) is 71.9 Å². The van der Waals surface area contributed by atoms with Crippen molar-refractivity contribution in [1.82, 2.24) is 9.88 Å². The Morgan fingerprint density at radius 3 is 2.62 bits per heavy atom. The third-order valence-corrected chi connectivity index (χ3v) is 4.24. The van der Waals surface area contributed by atoms with Crippen molar-refractivity contribution in [2.45, 2.75) is 39.7 Å². The Morgan fingerprint density at radius 1 is 1.24 bits per heavy atom. The van der Waals surface area contributed by atoms with Crippen LogP contribution < -0.4 is 9.88 Å². The van der Waals surface area contributed by atoms with Gasteiger partial charge in [-0.25, -0.2) is 9.55 Å². The second-order valence-electron chi connectivity index (χ2n) is 5.76. The monoisotopic (exact) mass is 289 g/mol. The molecule has 0 bridgehead atoms. The third-order valence-electron chi connectivity index (χ3n) is 4.24. The number of benzene rings is 1. The minimum atomic E-state index is 0.472. The molecule has 2 N–H and O–H groups in total. The number of aryl methyl sites for hydroxylation is 1. The summed E-state index contributed by atoms with van der Waals surface area (Å²) in [6.45, 7) is 10.2. The lowest BCUT2D eigenvalue weighted by Gasteiger charge is -2.18. The second kappa shape index (κ2) is 7.46. The summed E-state index contributed by atoms with van der Waals surface area (Å²) in [5.41, 5.74) is 2.41. The van der Waals surface area contributed by atoms with Crippen LogP contribution in [0.3, 0.4) is 0 Å². The Labute approximate surface area is 128 Å². The molecular weight excluding hydrogens is 260 g/mol. The molecule has 0 radical (unpaired) electrons. The molecule has 0 saturated carbocycles. The maximum Gasteiger partial charge on any atom is 0.355 e. The Kier molecular flexibility index (Phi) is 5.62. The van der Waals surface area contributed by atoms with E-state index < -0.39 is 0 Å². The van der Waals surface area contributed by atoms with Crippen LogP contribution in [0.15, 0.2) is 24.3 Å². The molecule has 0 aliphatic rings. The Morgan fingerprint density at radius 2 is 1.95 bits per heavy atom. The second-order valence-corrected chi connectivity index (χ2v) is 5.76. The summed E-state index contributed by atoms with van der Waals surface area (Å²) in [5.74, 6) is 1.09. The fourth-order valence-corrected chi connectivity index (χ4v) is 2.80. The predicted octanol–water partition coefficient (Wildman–Crippen LogP) is 2.91. The van der Waals surface area contributed by atoms with Crippen molar-refractivity contribution in [3.05, 3.63) is 24.3 Å². The van der Waals surface area contributed by atoms with Crippen molar-refractivity contribution < 1.29 is 4.57 Å². The fraction of sp³-hybridized carbons (Fsp3) is 0.588. The number of imidazole rings is 1. The molecule has 0 aliphatic carbocycles. The highest BCUT2D eigenvalue weighted by atomic mass is 15.2. The molecule has 1 aromatic carbocycles. The van der Waals surface area contributed by atoms with Gasteiger partial charge in [0, 0.05) is 0 Å². The molecule has 1 atom stereocenters. The Balaban J connectivity index is 1.89. The minimum Gasteiger partial charge on any atom is -0.304 e. The van der Waals surface area contributed by atoms with Crippen LogP contribution in [-0.2, 0) is 7.05 Å². The fourth-order valence-electron chi connectivity index (χ4n) is 2.80. The van der Waals surface area contributed by atoms with Gasteiger partial charge in [-0.1, -0.05) is 26.0 Å². The summed E-state index contributed by atoms with van der Waals surface area (Å²) in [6.07, 6.45) is 2.42. The first-order chi connectivity index (χ1) is 10.2. The third kappa shape index (κ3) is 3.97. The summed E-state index contributed by atoms with van der Waals surface area (Å²) in [4.78, 5) is 5.94. The summed E-state index contributed by atoms with van der Waals surface area (Å²) < 4.78 is 2.19. The summed E-state index contributed by atoms with van der Waals surface area (Å²) in [7, 11) is 2.10. The van der Waals surface area contributed by atoms with Gasteiger partial charge in [-0.3, -0.25) is 5.32 Å². The van der Waals surface area contributed by atoms with Crippen LogP contribution in [0, 0.1) is 0 Å². The van der Waals surface area contributed by atoms with Crippen LogP contribution in [0.4, 0.5) is 5.95 Å². The molecule has 0 spiro atoms. The molecule has 21 heavy (non-hydrogen) atoms. The van der Waals surface area contributed by atoms with Gasteiger partial charge in [0.25, 0.3) is 0 Å². The Bertz CT molecular complexity index is 557. The summed E-state index contributed by atoms with van der Waals surface area (Å²) in [6, 6.07) is 8.87. The van der Waals surface area contributed by atoms with Gasteiger partial charge >= 0.3 is 5.95 Å². The number of para-hydroxylation sites is 2. The zero-order chi connectivity index (χ0) is 15.2. The van der Waals surface area contributed by atoms with Gasteiger partial charge in [0.1, 0.15) is 11.0 Å². The van der Waals surface area contributed by atoms with Crippen molar-refractivity contribution in [3.8, 4) is 0 Å². The van der Waals surface area contributed by atoms with Crippen LogP contribution in [0.1, 0.15) is 33.6 Å². The zero-order valence-corrected chi connectivity index (χ0v) is 13.8. The average molecular weight is 289 g/mol. The number of anilines is 1. The van der Waals surface area contributed by atoms with E-state index in [0.29, 0.717) is 6.04 Å². The molecule has 1 aromatic heterocycles. The molecule has 2 rings (SSSR count). The highest BCUT2D eigenvalue weighted by Crippen LogP contribution is 2.12. The largest absolute Gasteiger partial charge is 0.355 e. The molecule has 116 valence electrons. The van der Waals surface area contributed by atoms with Gasteiger partial charge in [0.15, 0.2) is 0 Å². The number of fused-ring (bicyclic) bond motifs is 1. The number of nitrogens with one attached hydrogen (secondary N) is 2. The number of rotatable bonds is 8. The van der Waals surface area contributed by atoms with Crippen LogP contribution in [0.2, 0.25) is 0 Å². The van der Waals surface area contributed by atoms with E-state index in [1.807, 2.05) is 0 Å². The van der Waals surface area contributed by atoms with Crippen LogP contribution in [-0.4, -0.2) is 35.6 Å². The van der Waals surface area contributed by atoms with E-state index in [1.165, 1.54) is 30.4 Å². The van der Waals surface area contributed by atoms with Gasteiger partial charge in [-0.05, 0) is 51.5 Å². The first-order valence-electron chi connectivity index (χ1n) is 8.11. The van der Waals surface area contributed by atoms with Gasteiger partial charge in [0.05, 0.1) is 13.1 Å². The number of hydrogen-bond acceptors (Lipinski definition) is 2. The van der Waals surface area contributed by atoms with E-state index in [4.69, 9.17) is 0 Å². The van der Waals surface area contributed by atoms with E-state index in [0.717, 1.165) is 19.0 Å². The Hall–Kier alpha value is -1.55. The number of nitrogens with zero attached hydrogens (tertiary/aromatic N) is 2.